The van der Waals surface area contributed by atoms with Gasteiger partial charge < -0.3 is 14.9 Å². The van der Waals surface area contributed by atoms with Crippen LogP contribution in [0.2, 0.25) is 0 Å². The normalized spacial score (nSPS) is 19.1. The molecule has 2 N–H and O–H groups in total. The highest BCUT2D eigenvalue weighted by molar-refractivity contribution is 5.58. The SMILES string of the molecule is Cc1c(C)c2c(c(C)c1O)CCC(CO)O2. The second kappa shape index (κ2) is 3.98. The summed E-state index contributed by atoms with van der Waals surface area (Å²) in [5, 5.41) is 19.1. The Kier molecular flexibility index (Phi) is 2.80. The topological polar surface area (TPSA) is 49.7 Å². The number of aromatic hydroxyl groups is 1. The van der Waals surface area contributed by atoms with Crippen LogP contribution in [0.25, 0.3) is 0 Å². The van der Waals surface area contributed by atoms with Crippen LogP contribution in [-0.2, 0) is 6.42 Å². The molecule has 1 unspecified atom stereocenters. The largest absolute Gasteiger partial charge is 0.507 e. The number of hydrogen-bond acceptors (Lipinski definition) is 3. The maximum absolute atomic E-state index is 9.96. The van der Waals surface area contributed by atoms with Crippen LogP contribution >= 0.6 is 0 Å². The molecule has 16 heavy (non-hydrogen) atoms. The molecule has 0 saturated carbocycles. The van der Waals surface area contributed by atoms with E-state index in [4.69, 9.17) is 9.84 Å². The summed E-state index contributed by atoms with van der Waals surface area (Å²) in [5.74, 6) is 1.24. The summed E-state index contributed by atoms with van der Waals surface area (Å²) in [6.45, 7) is 5.82. The van der Waals surface area contributed by atoms with Crippen molar-refractivity contribution < 1.29 is 14.9 Å². The van der Waals surface area contributed by atoms with Crippen LogP contribution in [0.15, 0.2) is 0 Å². The summed E-state index contributed by atoms with van der Waals surface area (Å²) >= 11 is 0. The molecular weight excluding hydrogens is 204 g/mol. The van der Waals surface area contributed by atoms with Gasteiger partial charge in [-0.2, -0.15) is 0 Å². The molecule has 1 aliphatic heterocycles. The summed E-state index contributed by atoms with van der Waals surface area (Å²) in [7, 11) is 0. The lowest BCUT2D eigenvalue weighted by Crippen LogP contribution is -2.27. The first-order chi connectivity index (χ1) is 7.56. The first-order valence-electron chi connectivity index (χ1n) is 5.65. The zero-order valence-corrected chi connectivity index (χ0v) is 10.0. The Labute approximate surface area is 95.7 Å². The summed E-state index contributed by atoms with van der Waals surface area (Å²) < 4.78 is 5.77. The molecule has 0 aromatic heterocycles. The number of benzene rings is 1. The minimum Gasteiger partial charge on any atom is -0.507 e. The second-order valence-electron chi connectivity index (χ2n) is 4.49. The fourth-order valence-electron chi connectivity index (χ4n) is 2.29. The Balaban J connectivity index is 2.56. The summed E-state index contributed by atoms with van der Waals surface area (Å²) in [6.07, 6.45) is 1.57. The van der Waals surface area contributed by atoms with Crippen LogP contribution in [0.3, 0.4) is 0 Å². The molecule has 1 aromatic carbocycles. The zero-order valence-electron chi connectivity index (χ0n) is 10.0. The number of ether oxygens (including phenoxy) is 1. The Hall–Kier alpha value is -1.22. The standard InChI is InChI=1S/C13H18O3/c1-7-8(2)13-11(9(3)12(7)15)5-4-10(6-14)16-13/h10,14-15H,4-6H2,1-3H3. The molecule has 0 radical (unpaired) electrons. The lowest BCUT2D eigenvalue weighted by Gasteiger charge is -2.28. The van der Waals surface area contributed by atoms with Crippen LogP contribution in [0.4, 0.5) is 0 Å². The third-order valence-electron chi connectivity index (χ3n) is 3.54. The maximum atomic E-state index is 9.96. The Bertz CT molecular complexity index is 424. The monoisotopic (exact) mass is 222 g/mol. The molecule has 1 atom stereocenters. The van der Waals surface area contributed by atoms with Crippen molar-refractivity contribution in [3.8, 4) is 11.5 Å². The van der Waals surface area contributed by atoms with Crippen LogP contribution in [0.1, 0.15) is 28.7 Å². The number of aliphatic hydroxyl groups excluding tert-OH is 1. The van der Waals surface area contributed by atoms with Gasteiger partial charge in [0.1, 0.15) is 17.6 Å². The van der Waals surface area contributed by atoms with Crippen LogP contribution in [0.5, 0.6) is 11.5 Å². The van der Waals surface area contributed by atoms with Gasteiger partial charge in [0.2, 0.25) is 0 Å². The average molecular weight is 222 g/mol. The number of phenolic OH excluding ortho intramolecular Hbond substituents is 1. The Morgan fingerprint density at radius 2 is 1.88 bits per heavy atom. The molecular formula is C13H18O3. The molecule has 0 fully saturated rings. The maximum Gasteiger partial charge on any atom is 0.126 e. The third-order valence-corrected chi connectivity index (χ3v) is 3.54. The highest BCUT2D eigenvalue weighted by Crippen LogP contribution is 2.40. The van der Waals surface area contributed by atoms with Crippen LogP contribution < -0.4 is 4.74 Å². The molecule has 2 rings (SSSR count). The van der Waals surface area contributed by atoms with Gasteiger partial charge in [0.25, 0.3) is 0 Å². The van der Waals surface area contributed by atoms with E-state index in [0.29, 0.717) is 5.75 Å². The number of rotatable bonds is 1. The molecule has 3 heteroatoms. The van der Waals surface area contributed by atoms with Crippen molar-refractivity contribution in [2.24, 2.45) is 0 Å². The molecule has 1 aromatic rings. The summed E-state index contributed by atoms with van der Waals surface area (Å²) in [5.41, 5.74) is 3.85. The number of fused-ring (bicyclic) bond motifs is 1. The zero-order chi connectivity index (χ0) is 11.9. The smallest absolute Gasteiger partial charge is 0.126 e. The van der Waals surface area contributed by atoms with E-state index in [1.807, 2.05) is 20.8 Å². The minimum atomic E-state index is -0.102. The first-order valence-corrected chi connectivity index (χ1v) is 5.65. The van der Waals surface area contributed by atoms with Gasteiger partial charge in [-0.15, -0.1) is 0 Å². The molecule has 0 aliphatic carbocycles. The summed E-state index contributed by atoms with van der Waals surface area (Å²) in [4.78, 5) is 0. The van der Waals surface area contributed by atoms with E-state index in [-0.39, 0.29) is 12.7 Å². The van der Waals surface area contributed by atoms with Crippen molar-refractivity contribution in [2.45, 2.75) is 39.7 Å². The van der Waals surface area contributed by atoms with E-state index >= 15 is 0 Å². The van der Waals surface area contributed by atoms with E-state index in [1.165, 1.54) is 0 Å². The number of phenols is 1. The van der Waals surface area contributed by atoms with Gasteiger partial charge in [-0.1, -0.05) is 0 Å². The predicted octanol–water partition coefficient (Wildman–Crippen LogP) is 2.00. The fourth-order valence-corrected chi connectivity index (χ4v) is 2.29. The van der Waals surface area contributed by atoms with Crippen molar-refractivity contribution in [1.82, 2.24) is 0 Å². The molecule has 0 bridgehead atoms. The highest BCUT2D eigenvalue weighted by Gasteiger charge is 2.25. The van der Waals surface area contributed by atoms with E-state index in [9.17, 15) is 5.11 Å². The minimum absolute atomic E-state index is 0.0534. The van der Waals surface area contributed by atoms with E-state index in [2.05, 4.69) is 0 Å². The molecule has 1 heterocycles. The van der Waals surface area contributed by atoms with Crippen LogP contribution in [0, 0.1) is 20.8 Å². The first kappa shape index (κ1) is 11.3. The average Bonchev–Trinajstić information content (AvgIpc) is 2.33. The van der Waals surface area contributed by atoms with Gasteiger partial charge in [-0.05, 0) is 50.3 Å². The van der Waals surface area contributed by atoms with Crippen molar-refractivity contribution in [3.05, 3.63) is 22.3 Å². The Morgan fingerprint density at radius 3 is 2.50 bits per heavy atom. The van der Waals surface area contributed by atoms with Gasteiger partial charge in [-0.25, -0.2) is 0 Å². The lowest BCUT2D eigenvalue weighted by molar-refractivity contribution is 0.0966. The van der Waals surface area contributed by atoms with E-state index in [0.717, 1.165) is 40.8 Å². The van der Waals surface area contributed by atoms with E-state index in [1.54, 1.807) is 0 Å². The third kappa shape index (κ3) is 1.55. The van der Waals surface area contributed by atoms with Gasteiger partial charge in [0.15, 0.2) is 0 Å². The van der Waals surface area contributed by atoms with Gasteiger partial charge in [0, 0.05) is 5.56 Å². The summed E-state index contributed by atoms with van der Waals surface area (Å²) in [6, 6.07) is 0. The van der Waals surface area contributed by atoms with Crippen molar-refractivity contribution >= 4 is 0 Å². The fraction of sp³-hybridized carbons (Fsp3) is 0.538. The molecule has 0 amide bonds. The van der Waals surface area contributed by atoms with Gasteiger partial charge >= 0.3 is 0 Å². The van der Waals surface area contributed by atoms with Crippen molar-refractivity contribution in [2.75, 3.05) is 6.61 Å². The van der Waals surface area contributed by atoms with Gasteiger partial charge in [-0.3, -0.25) is 0 Å². The lowest BCUT2D eigenvalue weighted by atomic mass is 9.92. The number of hydrogen-bond donors (Lipinski definition) is 2. The molecule has 3 nitrogen and oxygen atoms in total. The van der Waals surface area contributed by atoms with Crippen molar-refractivity contribution in [3.63, 3.8) is 0 Å². The molecule has 0 spiro atoms. The van der Waals surface area contributed by atoms with Crippen LogP contribution in [-0.4, -0.2) is 22.9 Å². The second-order valence-corrected chi connectivity index (χ2v) is 4.49. The predicted molar refractivity (Wildman–Crippen MR) is 62.1 cm³/mol. The quantitative estimate of drug-likeness (QED) is 0.764. The van der Waals surface area contributed by atoms with Crippen molar-refractivity contribution in [1.29, 1.82) is 0 Å². The number of aliphatic hydroxyl groups is 1. The van der Waals surface area contributed by atoms with Gasteiger partial charge in [0.05, 0.1) is 6.61 Å². The molecule has 0 saturated heterocycles. The van der Waals surface area contributed by atoms with E-state index < -0.39 is 0 Å². The highest BCUT2D eigenvalue weighted by atomic mass is 16.5. The Morgan fingerprint density at radius 1 is 1.19 bits per heavy atom. The molecule has 1 aliphatic rings. The molecule has 88 valence electrons.